The number of benzene rings is 2. The fraction of sp³-hybridized carbons (Fsp3) is 0.200. The van der Waals surface area contributed by atoms with Gasteiger partial charge in [0.1, 0.15) is 5.82 Å². The molecule has 3 rings (SSSR count). The number of rotatable bonds is 6. The monoisotopic (exact) mass is 352 g/mol. The highest BCUT2D eigenvalue weighted by molar-refractivity contribution is 6.30. The summed E-state index contributed by atoms with van der Waals surface area (Å²) in [6, 6.07) is 20.0. The molecule has 2 aromatic carbocycles. The van der Waals surface area contributed by atoms with Crippen LogP contribution in [0.5, 0.6) is 0 Å². The minimum Gasteiger partial charge on any atom is -0.370 e. The number of nitrogens with zero attached hydrogens (tertiary/aromatic N) is 3. The molecule has 3 aromatic rings. The lowest BCUT2D eigenvalue weighted by molar-refractivity contribution is 0.973. The Labute approximate surface area is 153 Å². The number of aromatic nitrogens is 2. The zero-order valence-corrected chi connectivity index (χ0v) is 15.2. The van der Waals surface area contributed by atoms with E-state index in [1.54, 1.807) is 0 Å². The van der Waals surface area contributed by atoms with E-state index >= 15 is 0 Å². The molecule has 0 aliphatic rings. The highest BCUT2D eigenvalue weighted by atomic mass is 35.5. The van der Waals surface area contributed by atoms with Crippen LogP contribution in [0.15, 0.2) is 60.7 Å². The van der Waals surface area contributed by atoms with Crippen molar-refractivity contribution in [3.8, 4) is 0 Å². The highest BCUT2D eigenvalue weighted by Gasteiger charge is 2.09. The van der Waals surface area contributed by atoms with E-state index in [2.05, 4.69) is 15.3 Å². The van der Waals surface area contributed by atoms with Crippen molar-refractivity contribution in [2.45, 2.75) is 13.3 Å². The van der Waals surface area contributed by atoms with Gasteiger partial charge in [0.05, 0.1) is 0 Å². The minimum atomic E-state index is 0.681. The first-order valence-corrected chi connectivity index (χ1v) is 8.62. The van der Waals surface area contributed by atoms with Crippen LogP contribution in [-0.2, 0) is 6.42 Å². The molecule has 0 aliphatic heterocycles. The van der Waals surface area contributed by atoms with Crippen molar-refractivity contribution >= 4 is 29.1 Å². The summed E-state index contributed by atoms with van der Waals surface area (Å²) in [6.07, 6.45) is 0.907. The molecule has 0 aliphatic carbocycles. The second-order valence-corrected chi connectivity index (χ2v) is 6.33. The summed E-state index contributed by atoms with van der Waals surface area (Å²) in [4.78, 5) is 11.2. The number of halogens is 1. The Morgan fingerprint density at radius 1 is 1.00 bits per heavy atom. The van der Waals surface area contributed by atoms with Crippen molar-refractivity contribution in [3.05, 3.63) is 76.9 Å². The summed E-state index contributed by atoms with van der Waals surface area (Å²) < 4.78 is 0. The Morgan fingerprint density at radius 2 is 1.72 bits per heavy atom. The molecule has 0 bridgehead atoms. The van der Waals surface area contributed by atoms with E-state index in [-0.39, 0.29) is 0 Å². The Bertz CT molecular complexity index is 819. The molecule has 0 unspecified atom stereocenters. The van der Waals surface area contributed by atoms with E-state index in [4.69, 9.17) is 11.6 Å². The van der Waals surface area contributed by atoms with Crippen LogP contribution in [0.1, 0.15) is 11.3 Å². The van der Waals surface area contributed by atoms with Crippen molar-refractivity contribution in [1.82, 2.24) is 9.97 Å². The molecule has 1 aromatic heterocycles. The van der Waals surface area contributed by atoms with E-state index in [1.807, 2.05) is 79.5 Å². The van der Waals surface area contributed by atoms with Crippen LogP contribution in [0.2, 0.25) is 5.02 Å². The first-order chi connectivity index (χ1) is 12.1. The van der Waals surface area contributed by atoms with Crippen LogP contribution in [0.3, 0.4) is 0 Å². The average Bonchev–Trinajstić information content (AvgIpc) is 2.63. The molecule has 0 atom stereocenters. The first-order valence-electron chi connectivity index (χ1n) is 8.24. The summed E-state index contributed by atoms with van der Waals surface area (Å²) in [5.41, 5.74) is 3.23. The predicted molar refractivity (Wildman–Crippen MR) is 105 cm³/mol. The summed E-state index contributed by atoms with van der Waals surface area (Å²) in [7, 11) is 1.97. The van der Waals surface area contributed by atoms with Crippen molar-refractivity contribution in [2.75, 3.05) is 23.8 Å². The third-order valence-corrected chi connectivity index (χ3v) is 4.17. The normalized spacial score (nSPS) is 10.5. The van der Waals surface area contributed by atoms with E-state index < -0.39 is 0 Å². The summed E-state index contributed by atoms with van der Waals surface area (Å²) in [6.45, 7) is 2.78. The van der Waals surface area contributed by atoms with Gasteiger partial charge in [-0.15, -0.1) is 0 Å². The van der Waals surface area contributed by atoms with Crippen molar-refractivity contribution in [3.63, 3.8) is 0 Å². The summed E-state index contributed by atoms with van der Waals surface area (Å²) >= 11 is 5.92. The molecule has 5 heteroatoms. The lowest BCUT2D eigenvalue weighted by Gasteiger charge is -2.18. The third-order valence-electron chi connectivity index (χ3n) is 3.92. The average molecular weight is 353 g/mol. The highest BCUT2D eigenvalue weighted by Crippen LogP contribution is 2.21. The third kappa shape index (κ3) is 4.70. The SMILES string of the molecule is Cc1cc(NCCc2ccc(Cl)cc2)nc(N(C)c2ccccc2)n1. The van der Waals surface area contributed by atoms with Gasteiger partial charge in [-0.05, 0) is 43.2 Å². The minimum absolute atomic E-state index is 0.681. The lowest BCUT2D eigenvalue weighted by atomic mass is 10.1. The number of nitrogens with one attached hydrogen (secondary N) is 1. The van der Waals surface area contributed by atoms with Gasteiger partial charge in [0.25, 0.3) is 0 Å². The number of anilines is 3. The Morgan fingerprint density at radius 3 is 2.44 bits per heavy atom. The van der Waals surface area contributed by atoms with E-state index in [0.29, 0.717) is 5.95 Å². The topological polar surface area (TPSA) is 41.1 Å². The largest absolute Gasteiger partial charge is 0.370 e. The standard InChI is InChI=1S/C20H21ClN4/c1-15-14-19(22-13-12-16-8-10-17(21)11-9-16)24-20(23-15)25(2)18-6-4-3-5-7-18/h3-11,14H,12-13H2,1-2H3,(H,22,23,24). The number of hydrogen-bond acceptors (Lipinski definition) is 4. The van der Waals surface area contributed by atoms with E-state index in [1.165, 1.54) is 5.56 Å². The molecule has 0 saturated heterocycles. The molecule has 1 heterocycles. The van der Waals surface area contributed by atoms with E-state index in [0.717, 1.165) is 35.2 Å². The fourth-order valence-electron chi connectivity index (χ4n) is 2.55. The first kappa shape index (κ1) is 17.2. The van der Waals surface area contributed by atoms with Crippen LogP contribution >= 0.6 is 11.6 Å². The second kappa shape index (κ2) is 7.99. The Balaban J connectivity index is 1.68. The summed E-state index contributed by atoms with van der Waals surface area (Å²) in [5.74, 6) is 1.51. The van der Waals surface area contributed by atoms with Crippen molar-refractivity contribution in [1.29, 1.82) is 0 Å². The fourth-order valence-corrected chi connectivity index (χ4v) is 2.67. The second-order valence-electron chi connectivity index (χ2n) is 5.89. The van der Waals surface area contributed by atoms with Crippen LogP contribution in [0, 0.1) is 6.92 Å². The molecule has 128 valence electrons. The quantitative estimate of drug-likeness (QED) is 0.687. The summed E-state index contributed by atoms with van der Waals surface area (Å²) in [5, 5.41) is 4.15. The lowest BCUT2D eigenvalue weighted by Crippen LogP contribution is -2.15. The maximum atomic E-state index is 5.92. The van der Waals surface area contributed by atoms with Crippen LogP contribution in [0.25, 0.3) is 0 Å². The molecular formula is C20H21ClN4. The molecule has 1 N–H and O–H groups in total. The van der Waals surface area contributed by atoms with Crippen molar-refractivity contribution < 1.29 is 0 Å². The molecule has 0 amide bonds. The Hall–Kier alpha value is -2.59. The van der Waals surface area contributed by atoms with Gasteiger partial charge in [-0.2, -0.15) is 4.98 Å². The van der Waals surface area contributed by atoms with Gasteiger partial charge in [-0.1, -0.05) is 41.9 Å². The predicted octanol–water partition coefficient (Wildman–Crippen LogP) is 4.86. The molecular weight excluding hydrogens is 332 g/mol. The molecule has 0 saturated carbocycles. The van der Waals surface area contributed by atoms with Crippen LogP contribution in [0.4, 0.5) is 17.5 Å². The number of hydrogen-bond donors (Lipinski definition) is 1. The number of aryl methyl sites for hydroxylation is 1. The maximum absolute atomic E-state index is 5.92. The van der Waals surface area contributed by atoms with Crippen LogP contribution < -0.4 is 10.2 Å². The molecule has 0 radical (unpaired) electrons. The number of para-hydroxylation sites is 1. The van der Waals surface area contributed by atoms with Gasteiger partial charge >= 0.3 is 0 Å². The molecule has 25 heavy (non-hydrogen) atoms. The van der Waals surface area contributed by atoms with Crippen molar-refractivity contribution in [2.24, 2.45) is 0 Å². The van der Waals surface area contributed by atoms with Gasteiger partial charge in [0, 0.05) is 36.1 Å². The van der Waals surface area contributed by atoms with Crippen LogP contribution in [-0.4, -0.2) is 23.6 Å². The van der Waals surface area contributed by atoms with Gasteiger partial charge in [0.2, 0.25) is 5.95 Å². The smallest absolute Gasteiger partial charge is 0.231 e. The zero-order valence-electron chi connectivity index (χ0n) is 14.4. The molecule has 0 spiro atoms. The molecule has 4 nitrogen and oxygen atoms in total. The van der Waals surface area contributed by atoms with Gasteiger partial charge in [-0.25, -0.2) is 4.98 Å². The zero-order chi connectivity index (χ0) is 17.6. The van der Waals surface area contributed by atoms with Gasteiger partial charge in [0.15, 0.2) is 0 Å². The van der Waals surface area contributed by atoms with Gasteiger partial charge in [-0.3, -0.25) is 0 Å². The molecule has 0 fully saturated rings. The maximum Gasteiger partial charge on any atom is 0.231 e. The Kier molecular flexibility index (Phi) is 5.51. The van der Waals surface area contributed by atoms with E-state index in [9.17, 15) is 0 Å². The van der Waals surface area contributed by atoms with Gasteiger partial charge < -0.3 is 10.2 Å².